The van der Waals surface area contributed by atoms with Crippen LogP contribution in [-0.4, -0.2) is 70.1 Å². The number of ether oxygens (including phenoxy) is 5. The van der Waals surface area contributed by atoms with Crippen molar-refractivity contribution in [1.29, 1.82) is 0 Å². The Labute approximate surface area is 470 Å². The van der Waals surface area contributed by atoms with E-state index in [2.05, 4.69) is 20.8 Å². The highest BCUT2D eigenvalue weighted by molar-refractivity contribution is 5.83. The number of aliphatic hydroxyl groups is 1. The molecule has 1 saturated heterocycles. The first-order valence-corrected chi connectivity index (χ1v) is 27.4. The van der Waals surface area contributed by atoms with Gasteiger partial charge in [0.15, 0.2) is 0 Å². The van der Waals surface area contributed by atoms with Crippen LogP contribution in [0.5, 0.6) is 0 Å². The minimum absolute atomic E-state index is 0. The fourth-order valence-electron chi connectivity index (χ4n) is 13.0. The Hall–Kier alpha value is -2.69. The Morgan fingerprint density at radius 1 is 0.526 bits per heavy atom. The fourth-order valence-corrected chi connectivity index (χ4v) is 13.0. The monoisotopic (exact) mass is 1080 g/mol. The molecule has 8 bridgehead atoms. The van der Waals surface area contributed by atoms with E-state index in [1.165, 1.54) is 51.4 Å². The van der Waals surface area contributed by atoms with Gasteiger partial charge in [-0.05, 0) is 219 Å². The van der Waals surface area contributed by atoms with Gasteiger partial charge in [-0.25, -0.2) is 4.79 Å². The summed E-state index contributed by atoms with van der Waals surface area (Å²) in [6.45, 7) is 28.2. The molecule has 0 spiro atoms. The van der Waals surface area contributed by atoms with Gasteiger partial charge in [-0.3, -0.25) is 19.2 Å². The van der Waals surface area contributed by atoms with Crippen LogP contribution in [0.2, 0.25) is 0 Å². The fraction of sp³-hybridized carbons (Fsp3) is 0.923. The zero-order valence-electron chi connectivity index (χ0n) is 45.3. The minimum atomic E-state index is -0.687. The van der Waals surface area contributed by atoms with E-state index in [9.17, 15) is 29.1 Å². The second kappa shape index (κ2) is 30.8. The quantitative estimate of drug-likeness (QED) is 0.131. The molecule has 3 unspecified atom stereocenters. The maximum absolute atomic E-state index is 12.6. The Morgan fingerprint density at radius 2 is 0.908 bits per heavy atom. The van der Waals surface area contributed by atoms with Crippen molar-refractivity contribution >= 4 is 29.8 Å². The zero-order chi connectivity index (χ0) is 50.7. The third-order valence-corrected chi connectivity index (χ3v) is 19.0. The zero-order valence-corrected chi connectivity index (χ0v) is 45.3. The average molecular weight is 1090 g/mol. The lowest BCUT2D eigenvalue weighted by Crippen LogP contribution is -2.61. The lowest BCUT2D eigenvalue weighted by atomic mass is 9.49. The minimum Gasteiger partial charge on any atom is -0.463 e. The first-order chi connectivity index (χ1) is 31.6. The van der Waals surface area contributed by atoms with E-state index < -0.39 is 28.5 Å². The normalized spacial score (nSPS) is 30.4. The van der Waals surface area contributed by atoms with Crippen LogP contribution in [0.15, 0.2) is 0 Å². The van der Waals surface area contributed by atoms with E-state index in [1.54, 1.807) is 13.8 Å². The van der Waals surface area contributed by atoms with Crippen LogP contribution in [-0.2, 0) is 47.7 Å². The van der Waals surface area contributed by atoms with Crippen LogP contribution in [0.1, 0.15) is 298 Å². The van der Waals surface area contributed by atoms with Gasteiger partial charge >= 0.3 is 29.8 Å². The molecule has 0 amide bonds. The van der Waals surface area contributed by atoms with Crippen molar-refractivity contribution in [2.24, 2.45) is 57.2 Å². The Balaban J connectivity index is -0.000000444. The average Bonchev–Trinajstić information content (AvgIpc) is 3.92. The highest BCUT2D eigenvalue weighted by Crippen LogP contribution is 2.61. The van der Waals surface area contributed by atoms with Crippen molar-refractivity contribution < 1.29 is 52.8 Å². The van der Waals surface area contributed by atoms with Crippen LogP contribution in [0.3, 0.4) is 0 Å². The van der Waals surface area contributed by atoms with Gasteiger partial charge in [0.2, 0.25) is 6.10 Å². The van der Waals surface area contributed by atoms with Crippen molar-refractivity contribution in [3.05, 3.63) is 0 Å². The predicted octanol–water partition coefficient (Wildman–Crippen LogP) is 17.7. The molecule has 0 aromatic carbocycles. The van der Waals surface area contributed by atoms with E-state index >= 15 is 0 Å². The largest absolute Gasteiger partial charge is 0.463 e. The van der Waals surface area contributed by atoms with Gasteiger partial charge in [0.1, 0.15) is 16.8 Å². The molecule has 76 heavy (non-hydrogen) atoms. The van der Waals surface area contributed by atoms with Crippen LogP contribution in [0.4, 0.5) is 0 Å². The van der Waals surface area contributed by atoms with E-state index in [0.717, 1.165) is 82.5 Å². The van der Waals surface area contributed by atoms with Crippen molar-refractivity contribution in [2.75, 3.05) is 6.61 Å². The van der Waals surface area contributed by atoms with E-state index in [4.69, 9.17) is 23.7 Å². The first-order valence-electron chi connectivity index (χ1n) is 27.4. The topological polar surface area (TPSA) is 152 Å². The number of esters is 5. The summed E-state index contributed by atoms with van der Waals surface area (Å²) in [7, 11) is 0. The molecule has 0 radical (unpaired) electrons. The molecular formula is C65H128O11. The van der Waals surface area contributed by atoms with Gasteiger partial charge < -0.3 is 28.8 Å². The van der Waals surface area contributed by atoms with Gasteiger partial charge in [-0.1, -0.05) is 101 Å². The number of carbonyl (C=O) groups excluding carboxylic acids is 5. The van der Waals surface area contributed by atoms with Gasteiger partial charge in [0.25, 0.3) is 0 Å². The molecule has 0 aromatic heterocycles. The summed E-state index contributed by atoms with van der Waals surface area (Å²) >= 11 is 0. The number of hydrogen-bond acceptors (Lipinski definition) is 11. The van der Waals surface area contributed by atoms with Crippen LogP contribution < -0.4 is 0 Å². The second-order valence-electron chi connectivity index (χ2n) is 25.7. The van der Waals surface area contributed by atoms with Crippen molar-refractivity contribution in [3.63, 3.8) is 0 Å². The lowest BCUT2D eigenvalue weighted by Gasteiger charge is -2.60. The lowest BCUT2D eigenvalue weighted by molar-refractivity contribution is -0.225. The smallest absolute Gasteiger partial charge is 0.347 e. The molecule has 10 aliphatic rings. The highest BCUT2D eigenvalue weighted by atomic mass is 16.6. The number of carbonyl (C=O) groups is 5. The standard InChI is InChI=1S/C18H30O2.C16H26O3.C13H24O2.C10H16O4.8CH4/c1-5-17(3,4)16(19)20-18(6-2)14-8-12-7-13(10-14)11-15(18)9-12;1-4-14(2,3)13(17)19-16-8-11-5-12(9-16)7-15(18,6-11)10-16;1-5-12(3,4)11(14)15-13(6-2)9-7-8-10-13;1-4-10(2,3)9(12)14-7-5-6-13-8(7)11;;;;;;;;/h12-15H,5-11H2,1-4H3;11-12,18H,4-10H2,1-3H3;5-10H2,1-4H3;7H,4-6H2,1-3H3;8*1H4. The number of rotatable bonds is 14. The maximum atomic E-state index is 12.6. The van der Waals surface area contributed by atoms with E-state index in [1.807, 2.05) is 62.3 Å². The van der Waals surface area contributed by atoms with Crippen molar-refractivity contribution in [2.45, 2.75) is 326 Å². The highest BCUT2D eigenvalue weighted by Gasteiger charge is 2.61. The summed E-state index contributed by atoms with van der Waals surface area (Å²) in [5.74, 6) is 3.43. The first kappa shape index (κ1) is 79.8. The summed E-state index contributed by atoms with van der Waals surface area (Å²) in [6.07, 6.45) is 21.8. The second-order valence-corrected chi connectivity index (χ2v) is 25.7. The van der Waals surface area contributed by atoms with E-state index in [-0.39, 0.29) is 111 Å². The maximum Gasteiger partial charge on any atom is 0.347 e. The molecule has 11 heteroatoms. The number of hydrogen-bond donors (Lipinski definition) is 1. The molecule has 10 rings (SSSR count). The molecular weight excluding hydrogens is 957 g/mol. The van der Waals surface area contributed by atoms with Crippen molar-refractivity contribution in [1.82, 2.24) is 0 Å². The molecule has 11 nitrogen and oxygen atoms in total. The van der Waals surface area contributed by atoms with E-state index in [0.29, 0.717) is 49.5 Å². The molecule has 454 valence electrons. The van der Waals surface area contributed by atoms with Crippen LogP contribution in [0, 0.1) is 57.2 Å². The molecule has 9 saturated carbocycles. The van der Waals surface area contributed by atoms with Gasteiger partial charge in [-0.2, -0.15) is 0 Å². The van der Waals surface area contributed by atoms with Crippen LogP contribution in [0.25, 0.3) is 0 Å². The Morgan fingerprint density at radius 3 is 1.26 bits per heavy atom. The van der Waals surface area contributed by atoms with Crippen molar-refractivity contribution in [3.8, 4) is 0 Å². The van der Waals surface area contributed by atoms with Crippen LogP contribution >= 0.6 is 0 Å². The predicted molar refractivity (Wildman–Crippen MR) is 318 cm³/mol. The summed E-state index contributed by atoms with van der Waals surface area (Å²) < 4.78 is 27.8. The molecule has 1 heterocycles. The summed E-state index contributed by atoms with van der Waals surface area (Å²) in [5, 5.41) is 10.6. The van der Waals surface area contributed by atoms with Gasteiger partial charge in [0, 0.05) is 12.8 Å². The number of cyclic esters (lactones) is 1. The molecule has 1 aliphatic heterocycles. The molecule has 0 aromatic rings. The van der Waals surface area contributed by atoms with Gasteiger partial charge in [0.05, 0.1) is 33.9 Å². The van der Waals surface area contributed by atoms with Gasteiger partial charge in [-0.15, -0.1) is 0 Å². The third-order valence-electron chi connectivity index (χ3n) is 19.0. The SMILES string of the molecule is C.C.C.C.C.C.C.C.CCC(C)(C)C(=O)OC1(CC)C2CC3CC(C2)CC1C3.CCC(C)(C)C(=O)OC12CC3CC(CC(O)(C3)C1)C2.CCC(C)(C)C(=O)OC1CCOC1=O.CCC1(OC(=O)C(C)(C)CC)CCCC1. The summed E-state index contributed by atoms with van der Waals surface area (Å²) in [6, 6.07) is 0. The third kappa shape index (κ3) is 18.2. The molecule has 10 fully saturated rings. The Kier molecular flexibility index (Phi) is 32.3. The Bertz CT molecular complexity index is 1730. The summed E-state index contributed by atoms with van der Waals surface area (Å²) in [5.41, 5.74) is -2.78. The molecule has 1 N–H and O–H groups in total. The summed E-state index contributed by atoms with van der Waals surface area (Å²) in [4.78, 5) is 59.6. The molecule has 3 atom stereocenters. The molecule has 9 aliphatic carbocycles.